The fraction of sp³-hybridized carbons (Fsp3) is 0.0526. The predicted molar refractivity (Wildman–Crippen MR) is 105 cm³/mol. The molecule has 0 bridgehead atoms. The Morgan fingerprint density at radius 3 is 2.41 bits per heavy atom. The van der Waals surface area contributed by atoms with Crippen LogP contribution in [0.5, 0.6) is 5.75 Å². The summed E-state index contributed by atoms with van der Waals surface area (Å²) in [6.07, 6.45) is 0.911. The van der Waals surface area contributed by atoms with Gasteiger partial charge in [0, 0.05) is 16.6 Å². The fourth-order valence-electron chi connectivity index (χ4n) is 2.61. The van der Waals surface area contributed by atoms with Gasteiger partial charge in [-0.15, -0.1) is 0 Å². The van der Waals surface area contributed by atoms with E-state index in [4.69, 9.17) is 15.3 Å². The fourth-order valence-corrected chi connectivity index (χ4v) is 3.09. The Kier molecular flexibility index (Phi) is 4.83. The van der Waals surface area contributed by atoms with E-state index in [1.807, 2.05) is 6.07 Å². The molecular formula is C19H17N3O4S. The monoisotopic (exact) mass is 383 g/mol. The lowest BCUT2D eigenvalue weighted by Crippen LogP contribution is -2.16. The second kappa shape index (κ2) is 7.08. The van der Waals surface area contributed by atoms with Gasteiger partial charge in [0.15, 0.2) is 5.75 Å². The van der Waals surface area contributed by atoms with Crippen LogP contribution in [0.2, 0.25) is 0 Å². The molecule has 7 nitrogen and oxygen atoms in total. The van der Waals surface area contributed by atoms with Crippen molar-refractivity contribution in [3.8, 4) is 5.75 Å². The lowest BCUT2D eigenvalue weighted by molar-refractivity contribution is 0.102. The first-order valence-electron chi connectivity index (χ1n) is 7.91. The molecule has 0 unspecified atom stereocenters. The molecule has 1 amide bonds. The first-order valence-corrected chi connectivity index (χ1v) is 9.73. The highest BCUT2D eigenvalue weighted by Gasteiger charge is 2.20. The van der Waals surface area contributed by atoms with Crippen molar-refractivity contribution in [1.82, 2.24) is 0 Å². The first kappa shape index (κ1) is 18.4. The molecule has 0 atom stereocenters. The zero-order valence-electron chi connectivity index (χ0n) is 14.4. The lowest BCUT2D eigenvalue weighted by atomic mass is 10.0. The highest BCUT2D eigenvalue weighted by molar-refractivity contribution is 7.86. The van der Waals surface area contributed by atoms with Crippen molar-refractivity contribution in [2.24, 2.45) is 5.73 Å². The SMILES string of the molecule is CS(=O)(=O)Oc1c(C(=O)Nc2ccccc2)ccc2cc(C(=N)N)ccc12. The summed E-state index contributed by atoms with van der Waals surface area (Å²) in [4.78, 5) is 12.7. The van der Waals surface area contributed by atoms with Crippen LogP contribution >= 0.6 is 0 Å². The van der Waals surface area contributed by atoms with E-state index in [1.165, 1.54) is 6.07 Å². The number of anilines is 1. The van der Waals surface area contributed by atoms with E-state index in [0.717, 1.165) is 6.26 Å². The number of hydrogen-bond acceptors (Lipinski definition) is 5. The number of nitrogen functional groups attached to an aromatic ring is 1. The van der Waals surface area contributed by atoms with Crippen molar-refractivity contribution in [2.75, 3.05) is 11.6 Å². The van der Waals surface area contributed by atoms with Crippen LogP contribution in [0.25, 0.3) is 10.8 Å². The maximum Gasteiger partial charge on any atom is 0.306 e. The number of benzene rings is 3. The summed E-state index contributed by atoms with van der Waals surface area (Å²) in [5.41, 5.74) is 6.63. The Morgan fingerprint density at radius 1 is 1.07 bits per heavy atom. The second-order valence-corrected chi connectivity index (χ2v) is 7.47. The number of amidine groups is 1. The van der Waals surface area contributed by atoms with Crippen molar-refractivity contribution in [3.05, 3.63) is 71.8 Å². The molecule has 0 radical (unpaired) electrons. The standard InChI is InChI=1S/C19H17N3O4S/c1-27(24,25)26-17-15-9-8-13(18(20)21)11-12(15)7-10-16(17)19(23)22-14-5-3-2-4-6-14/h2-11H,1H3,(H3,20,21)(H,22,23). The van der Waals surface area contributed by atoms with Crippen LogP contribution in [0.3, 0.4) is 0 Å². The second-order valence-electron chi connectivity index (χ2n) is 5.90. The van der Waals surface area contributed by atoms with Crippen molar-refractivity contribution in [2.45, 2.75) is 0 Å². The summed E-state index contributed by atoms with van der Waals surface area (Å²) in [6, 6.07) is 16.7. The molecule has 138 valence electrons. The van der Waals surface area contributed by atoms with Gasteiger partial charge in [-0.05, 0) is 35.7 Å². The predicted octanol–water partition coefficient (Wildman–Crippen LogP) is 2.71. The van der Waals surface area contributed by atoms with Gasteiger partial charge in [0.2, 0.25) is 0 Å². The minimum Gasteiger partial charge on any atom is -0.384 e. The maximum absolute atomic E-state index is 12.7. The highest BCUT2D eigenvalue weighted by atomic mass is 32.2. The number of hydrogen-bond donors (Lipinski definition) is 3. The normalized spacial score (nSPS) is 11.1. The van der Waals surface area contributed by atoms with E-state index in [1.54, 1.807) is 48.5 Å². The minimum absolute atomic E-state index is 0.0708. The largest absolute Gasteiger partial charge is 0.384 e. The molecule has 0 aliphatic heterocycles. The molecule has 0 spiro atoms. The van der Waals surface area contributed by atoms with Gasteiger partial charge in [0.1, 0.15) is 5.84 Å². The minimum atomic E-state index is -3.87. The van der Waals surface area contributed by atoms with Gasteiger partial charge >= 0.3 is 10.1 Å². The van der Waals surface area contributed by atoms with Gasteiger partial charge in [-0.1, -0.05) is 30.3 Å². The molecular weight excluding hydrogens is 366 g/mol. The summed E-state index contributed by atoms with van der Waals surface area (Å²) in [5, 5.41) is 11.3. The van der Waals surface area contributed by atoms with Gasteiger partial charge in [-0.2, -0.15) is 8.42 Å². The van der Waals surface area contributed by atoms with Gasteiger partial charge in [-0.3, -0.25) is 10.2 Å². The molecule has 0 aliphatic carbocycles. The van der Waals surface area contributed by atoms with E-state index in [2.05, 4.69) is 5.32 Å². The molecule has 3 aromatic carbocycles. The van der Waals surface area contributed by atoms with Crippen LogP contribution in [-0.2, 0) is 10.1 Å². The Bertz CT molecular complexity index is 1140. The molecule has 0 fully saturated rings. The average Bonchev–Trinajstić information content (AvgIpc) is 2.61. The lowest BCUT2D eigenvalue weighted by Gasteiger charge is -2.14. The summed E-state index contributed by atoms with van der Waals surface area (Å²) in [7, 11) is -3.87. The maximum atomic E-state index is 12.7. The molecule has 0 saturated heterocycles. The zero-order valence-corrected chi connectivity index (χ0v) is 15.2. The Labute approximate surface area is 156 Å². The Balaban J connectivity index is 2.13. The van der Waals surface area contributed by atoms with Crippen molar-refractivity contribution >= 4 is 38.3 Å². The highest BCUT2D eigenvalue weighted by Crippen LogP contribution is 2.32. The molecule has 0 aliphatic rings. The average molecular weight is 383 g/mol. The van der Waals surface area contributed by atoms with Crippen LogP contribution in [0.1, 0.15) is 15.9 Å². The number of fused-ring (bicyclic) bond motifs is 1. The number of carbonyl (C=O) groups is 1. The summed E-state index contributed by atoms with van der Waals surface area (Å²) in [6.45, 7) is 0. The Morgan fingerprint density at radius 2 is 1.78 bits per heavy atom. The summed E-state index contributed by atoms with van der Waals surface area (Å²) >= 11 is 0. The van der Waals surface area contributed by atoms with Crippen LogP contribution in [-0.4, -0.2) is 26.4 Å². The van der Waals surface area contributed by atoms with Crippen LogP contribution in [0, 0.1) is 5.41 Å². The van der Waals surface area contributed by atoms with Gasteiger partial charge in [-0.25, -0.2) is 0 Å². The van der Waals surface area contributed by atoms with Crippen LogP contribution < -0.4 is 15.2 Å². The number of para-hydroxylation sites is 1. The van der Waals surface area contributed by atoms with E-state index in [-0.39, 0.29) is 17.1 Å². The number of amides is 1. The molecule has 3 rings (SSSR count). The third-order valence-electron chi connectivity index (χ3n) is 3.79. The number of nitrogens with two attached hydrogens (primary N) is 1. The van der Waals surface area contributed by atoms with Crippen LogP contribution in [0.4, 0.5) is 5.69 Å². The van der Waals surface area contributed by atoms with Gasteiger partial charge in [0.25, 0.3) is 5.91 Å². The van der Waals surface area contributed by atoms with Crippen molar-refractivity contribution < 1.29 is 17.4 Å². The smallest absolute Gasteiger partial charge is 0.306 e. The van der Waals surface area contributed by atoms with Gasteiger partial charge in [0.05, 0.1) is 11.8 Å². The van der Waals surface area contributed by atoms with E-state index in [0.29, 0.717) is 22.0 Å². The van der Waals surface area contributed by atoms with Crippen molar-refractivity contribution in [3.63, 3.8) is 0 Å². The summed E-state index contributed by atoms with van der Waals surface area (Å²) < 4.78 is 28.6. The Hall–Kier alpha value is -3.39. The molecule has 0 heterocycles. The number of rotatable bonds is 5. The first-order chi connectivity index (χ1) is 12.7. The number of carbonyl (C=O) groups excluding carboxylic acids is 1. The summed E-state index contributed by atoms with van der Waals surface area (Å²) in [5.74, 6) is -0.690. The van der Waals surface area contributed by atoms with E-state index < -0.39 is 16.0 Å². The third-order valence-corrected chi connectivity index (χ3v) is 4.26. The molecule has 3 aromatic rings. The quantitative estimate of drug-likeness (QED) is 0.355. The third kappa shape index (κ3) is 4.24. The molecule has 0 saturated carbocycles. The van der Waals surface area contributed by atoms with Gasteiger partial charge < -0.3 is 15.2 Å². The van der Waals surface area contributed by atoms with Crippen molar-refractivity contribution in [1.29, 1.82) is 5.41 Å². The zero-order chi connectivity index (χ0) is 19.6. The van der Waals surface area contributed by atoms with E-state index >= 15 is 0 Å². The molecule has 27 heavy (non-hydrogen) atoms. The molecule has 4 N–H and O–H groups in total. The van der Waals surface area contributed by atoms with E-state index in [9.17, 15) is 13.2 Å². The topological polar surface area (TPSA) is 122 Å². The number of nitrogens with one attached hydrogen (secondary N) is 2. The molecule has 0 aromatic heterocycles. The molecule has 8 heteroatoms. The van der Waals surface area contributed by atoms with Crippen LogP contribution in [0.15, 0.2) is 60.7 Å².